The number of rotatable bonds is 31. The maximum atomic E-state index is 6.59. The van der Waals surface area contributed by atoms with Gasteiger partial charge in [0.2, 0.25) is 0 Å². The Morgan fingerprint density at radius 2 is 0.472 bits per heavy atom. The van der Waals surface area contributed by atoms with E-state index >= 15 is 0 Å². The van der Waals surface area contributed by atoms with Gasteiger partial charge < -0.3 is 0 Å². The molecule has 0 saturated carbocycles. The SMILES string of the molecule is CCCCCCCCCCCCCCCCCC(Cl)CCCCCCCCCCCCCCCC.[NaH]. The number of halogens is 1. The Labute approximate surface area is 257 Å². The predicted molar refractivity (Wildman–Crippen MR) is 171 cm³/mol. The number of hydrogen-bond acceptors (Lipinski definition) is 0. The van der Waals surface area contributed by atoms with Gasteiger partial charge in [0.15, 0.2) is 0 Å². The Morgan fingerprint density at radius 1 is 0.306 bits per heavy atom. The first-order chi connectivity index (χ1) is 17.3. The van der Waals surface area contributed by atoms with Gasteiger partial charge in [-0.1, -0.05) is 200 Å². The van der Waals surface area contributed by atoms with Crippen molar-refractivity contribution in [3.63, 3.8) is 0 Å². The molecule has 0 bridgehead atoms. The molecule has 0 saturated heterocycles. The summed E-state index contributed by atoms with van der Waals surface area (Å²) in [5.41, 5.74) is 0. The fraction of sp³-hybridized carbons (Fsp3) is 1.00. The van der Waals surface area contributed by atoms with Gasteiger partial charge in [-0.15, -0.1) is 11.6 Å². The second-order valence-corrected chi connectivity index (χ2v) is 12.3. The van der Waals surface area contributed by atoms with E-state index in [0.717, 1.165) is 0 Å². The van der Waals surface area contributed by atoms with Crippen LogP contribution < -0.4 is 0 Å². The molecule has 0 fully saturated rings. The third-order valence-corrected chi connectivity index (χ3v) is 8.43. The summed E-state index contributed by atoms with van der Waals surface area (Å²) in [7, 11) is 0. The molecular weight excluding hydrogens is 467 g/mol. The second-order valence-electron chi connectivity index (χ2n) is 11.7. The standard InChI is InChI=1S/C34H69Cl.Na.H/c1-3-5-7-9-11-13-15-17-19-21-23-25-27-29-31-33-34(35)32-30-28-26-24-22-20-18-16-14-12-10-8-6-4-2;;/h34H,3-33H2,1-2H3;;. The van der Waals surface area contributed by atoms with Gasteiger partial charge >= 0.3 is 29.6 Å². The quantitative estimate of drug-likeness (QED) is 0.0469. The van der Waals surface area contributed by atoms with E-state index in [9.17, 15) is 0 Å². The molecule has 36 heavy (non-hydrogen) atoms. The molecule has 0 nitrogen and oxygen atoms in total. The van der Waals surface area contributed by atoms with Crippen LogP contribution in [0.15, 0.2) is 0 Å². The van der Waals surface area contributed by atoms with Gasteiger partial charge in [0.25, 0.3) is 0 Å². The van der Waals surface area contributed by atoms with Crippen LogP contribution in [0.1, 0.15) is 213 Å². The third-order valence-electron chi connectivity index (χ3n) is 7.99. The molecule has 1 atom stereocenters. The molecule has 0 heterocycles. The molecule has 0 spiro atoms. The topological polar surface area (TPSA) is 0 Å². The van der Waals surface area contributed by atoms with Crippen LogP contribution in [0.4, 0.5) is 0 Å². The Morgan fingerprint density at radius 3 is 0.667 bits per heavy atom. The van der Waals surface area contributed by atoms with Gasteiger partial charge in [0.05, 0.1) is 0 Å². The Kier molecular flexibility index (Phi) is 39.8. The van der Waals surface area contributed by atoms with E-state index in [1.54, 1.807) is 0 Å². The van der Waals surface area contributed by atoms with Gasteiger partial charge in [-0.25, -0.2) is 0 Å². The molecule has 214 valence electrons. The molecule has 0 aromatic carbocycles. The first-order valence-corrected chi connectivity index (χ1v) is 17.4. The van der Waals surface area contributed by atoms with Crippen molar-refractivity contribution < 1.29 is 0 Å². The van der Waals surface area contributed by atoms with Crippen molar-refractivity contribution >= 4 is 41.2 Å². The molecule has 2 heteroatoms. The van der Waals surface area contributed by atoms with Gasteiger partial charge in [0.1, 0.15) is 0 Å². The van der Waals surface area contributed by atoms with E-state index in [1.165, 1.54) is 199 Å². The predicted octanol–water partition coefficient (Wildman–Crippen LogP) is 13.1. The van der Waals surface area contributed by atoms with Crippen LogP contribution >= 0.6 is 11.6 Å². The van der Waals surface area contributed by atoms with Gasteiger partial charge in [-0.3, -0.25) is 0 Å². The van der Waals surface area contributed by atoms with Crippen LogP contribution in [0.5, 0.6) is 0 Å². The molecule has 0 amide bonds. The average Bonchev–Trinajstić information content (AvgIpc) is 2.86. The van der Waals surface area contributed by atoms with E-state index in [1.807, 2.05) is 0 Å². The van der Waals surface area contributed by atoms with Crippen LogP contribution in [-0.4, -0.2) is 34.9 Å². The Balaban J connectivity index is 0. The summed E-state index contributed by atoms with van der Waals surface area (Å²) in [4.78, 5) is 0. The van der Waals surface area contributed by atoms with E-state index < -0.39 is 0 Å². The minimum absolute atomic E-state index is 0. The molecule has 0 aliphatic heterocycles. The van der Waals surface area contributed by atoms with Crippen molar-refractivity contribution in [2.24, 2.45) is 0 Å². The molecule has 0 N–H and O–H groups in total. The van der Waals surface area contributed by atoms with Crippen LogP contribution in [-0.2, 0) is 0 Å². The maximum absolute atomic E-state index is 6.59. The average molecular weight is 537 g/mol. The molecule has 0 aliphatic carbocycles. The number of alkyl halides is 1. The molecular formula is C34H70ClNa. The summed E-state index contributed by atoms with van der Waals surface area (Å²) >= 11 is 6.59. The van der Waals surface area contributed by atoms with Crippen LogP contribution in [0, 0.1) is 0 Å². The first-order valence-electron chi connectivity index (χ1n) is 16.9. The molecule has 0 aromatic rings. The number of hydrogen-bond donors (Lipinski definition) is 0. The van der Waals surface area contributed by atoms with E-state index in [4.69, 9.17) is 11.6 Å². The van der Waals surface area contributed by atoms with Gasteiger partial charge in [-0.05, 0) is 12.8 Å². The Bertz CT molecular complexity index is 359. The molecule has 0 aliphatic rings. The molecule has 0 aromatic heterocycles. The number of unbranched alkanes of at least 4 members (excludes halogenated alkanes) is 27. The monoisotopic (exact) mass is 537 g/mol. The fourth-order valence-electron chi connectivity index (χ4n) is 5.44. The zero-order chi connectivity index (χ0) is 25.5. The van der Waals surface area contributed by atoms with Crippen molar-refractivity contribution in [1.29, 1.82) is 0 Å². The van der Waals surface area contributed by atoms with Crippen LogP contribution in [0.2, 0.25) is 0 Å². The summed E-state index contributed by atoms with van der Waals surface area (Å²) in [5, 5.41) is 0.439. The van der Waals surface area contributed by atoms with Crippen LogP contribution in [0.3, 0.4) is 0 Å². The summed E-state index contributed by atoms with van der Waals surface area (Å²) in [6.07, 6.45) is 44.3. The zero-order valence-electron chi connectivity index (χ0n) is 24.9. The van der Waals surface area contributed by atoms with E-state index in [0.29, 0.717) is 5.38 Å². The summed E-state index contributed by atoms with van der Waals surface area (Å²) in [6, 6.07) is 0. The molecule has 0 radical (unpaired) electrons. The third kappa shape index (κ3) is 35.3. The Hall–Kier alpha value is 1.29. The minimum atomic E-state index is 0. The van der Waals surface area contributed by atoms with E-state index in [2.05, 4.69) is 13.8 Å². The van der Waals surface area contributed by atoms with Crippen molar-refractivity contribution in [3.05, 3.63) is 0 Å². The van der Waals surface area contributed by atoms with Crippen molar-refractivity contribution in [3.8, 4) is 0 Å². The molecule has 0 rings (SSSR count). The van der Waals surface area contributed by atoms with Crippen LogP contribution in [0.25, 0.3) is 0 Å². The second kappa shape index (κ2) is 36.3. The van der Waals surface area contributed by atoms with Gasteiger partial charge in [-0.2, -0.15) is 0 Å². The summed E-state index contributed by atoms with van der Waals surface area (Å²) < 4.78 is 0. The van der Waals surface area contributed by atoms with Crippen molar-refractivity contribution in [2.75, 3.05) is 0 Å². The summed E-state index contributed by atoms with van der Waals surface area (Å²) in [6.45, 7) is 4.60. The zero-order valence-corrected chi connectivity index (χ0v) is 25.6. The fourth-order valence-corrected chi connectivity index (χ4v) is 5.75. The van der Waals surface area contributed by atoms with Crippen molar-refractivity contribution in [1.82, 2.24) is 0 Å². The first kappa shape index (κ1) is 39.4. The summed E-state index contributed by atoms with van der Waals surface area (Å²) in [5.74, 6) is 0. The molecule has 1 unspecified atom stereocenters. The van der Waals surface area contributed by atoms with E-state index in [-0.39, 0.29) is 29.6 Å². The van der Waals surface area contributed by atoms with Gasteiger partial charge in [0, 0.05) is 5.38 Å². The normalized spacial score (nSPS) is 12.1. The van der Waals surface area contributed by atoms with Crippen molar-refractivity contribution in [2.45, 2.75) is 218 Å².